The van der Waals surface area contributed by atoms with Crippen molar-refractivity contribution in [1.82, 2.24) is 19.9 Å². The van der Waals surface area contributed by atoms with Crippen molar-refractivity contribution in [1.29, 1.82) is 0 Å². The number of aromatic nitrogens is 4. The minimum atomic E-state index is 0.537. The topological polar surface area (TPSA) is 77.8 Å². The molecule has 0 fully saturated rings. The third-order valence-corrected chi connectivity index (χ3v) is 12.9. The number of hydrogen-bond donors (Lipinski definition) is 0. The number of furan rings is 2. The molecule has 0 saturated carbocycles. The Morgan fingerprint density at radius 1 is 0.235 bits per heavy atom. The van der Waals surface area contributed by atoms with Gasteiger partial charge in [0.15, 0.2) is 11.6 Å². The van der Waals surface area contributed by atoms with Crippen LogP contribution in [-0.2, 0) is 0 Å². The Morgan fingerprint density at radius 3 is 1.13 bits per heavy atom. The van der Waals surface area contributed by atoms with E-state index in [4.69, 9.17) is 28.8 Å². The highest BCUT2D eigenvalue weighted by atomic mass is 16.3. The largest absolute Gasteiger partial charge is 0.438 e. The van der Waals surface area contributed by atoms with Gasteiger partial charge >= 0.3 is 0 Å². The first-order valence-corrected chi connectivity index (χ1v) is 22.7. The summed E-state index contributed by atoms with van der Waals surface area (Å²) in [5.74, 6) is 1.16. The van der Waals surface area contributed by atoms with E-state index >= 15 is 0 Å². The number of rotatable bonds is 8. The summed E-state index contributed by atoms with van der Waals surface area (Å²) in [6, 6.07) is 79.4. The van der Waals surface area contributed by atoms with E-state index in [-0.39, 0.29) is 0 Å². The maximum atomic E-state index is 6.53. The summed E-state index contributed by atoms with van der Waals surface area (Å²) in [6.45, 7) is 0. The van der Waals surface area contributed by atoms with Gasteiger partial charge < -0.3 is 8.83 Å². The van der Waals surface area contributed by atoms with Crippen LogP contribution in [0.25, 0.3) is 134 Å². The summed E-state index contributed by atoms with van der Waals surface area (Å²) in [5.41, 5.74) is 16.6. The van der Waals surface area contributed by atoms with Gasteiger partial charge in [-0.2, -0.15) is 9.97 Å². The Bertz CT molecular complexity index is 4010. The van der Waals surface area contributed by atoms with Gasteiger partial charge in [0, 0.05) is 33.0 Å². The van der Waals surface area contributed by atoms with Gasteiger partial charge in [-0.1, -0.05) is 218 Å². The molecule has 13 rings (SSSR count). The third kappa shape index (κ3) is 6.74. The first-order chi connectivity index (χ1) is 33.7. The molecule has 0 amide bonds. The molecule has 318 valence electrons. The van der Waals surface area contributed by atoms with E-state index in [9.17, 15) is 0 Å². The maximum absolute atomic E-state index is 6.53. The summed E-state index contributed by atoms with van der Waals surface area (Å²) >= 11 is 0. The lowest BCUT2D eigenvalue weighted by Crippen LogP contribution is -1.98. The molecule has 68 heavy (non-hydrogen) atoms. The summed E-state index contributed by atoms with van der Waals surface area (Å²) in [6.07, 6.45) is 0. The molecular weight excluding hydrogens is 833 g/mol. The van der Waals surface area contributed by atoms with E-state index in [1.165, 1.54) is 0 Å². The maximum Gasteiger partial charge on any atom is 0.231 e. The molecule has 4 heterocycles. The Morgan fingerprint density at radius 2 is 0.588 bits per heavy atom. The number of benzene rings is 9. The lowest BCUT2D eigenvalue weighted by Gasteiger charge is -2.17. The minimum Gasteiger partial charge on any atom is -0.438 e. The van der Waals surface area contributed by atoms with Crippen molar-refractivity contribution in [2.75, 3.05) is 0 Å². The van der Waals surface area contributed by atoms with Crippen molar-refractivity contribution < 1.29 is 8.83 Å². The van der Waals surface area contributed by atoms with Crippen LogP contribution < -0.4 is 0 Å². The molecule has 4 aromatic heterocycles. The van der Waals surface area contributed by atoms with Crippen molar-refractivity contribution in [2.45, 2.75) is 0 Å². The predicted octanol–water partition coefficient (Wildman–Crippen LogP) is 16.4. The quantitative estimate of drug-likeness (QED) is 0.151. The van der Waals surface area contributed by atoms with Crippen molar-refractivity contribution in [2.24, 2.45) is 0 Å². The summed E-state index contributed by atoms with van der Waals surface area (Å²) in [5, 5.41) is 3.69. The predicted molar refractivity (Wildman–Crippen MR) is 276 cm³/mol. The fourth-order valence-electron chi connectivity index (χ4n) is 9.58. The number of hydrogen-bond acceptors (Lipinski definition) is 6. The second kappa shape index (κ2) is 16.3. The second-order valence-electron chi connectivity index (χ2n) is 16.9. The van der Waals surface area contributed by atoms with E-state index in [2.05, 4.69) is 176 Å². The smallest absolute Gasteiger partial charge is 0.231 e. The normalized spacial score (nSPS) is 11.5. The van der Waals surface area contributed by atoms with Gasteiger partial charge in [0.05, 0.1) is 22.2 Å². The lowest BCUT2D eigenvalue weighted by atomic mass is 9.88. The standard InChI is InChI=1S/C62H38N4O2/c1-3-17-39(18-4-1)41-31-35-43(36-32-41)57-55-51-27-13-15-29-53(51)67-61(55)66-60(63-57)50-26-12-10-24-48(50)46-22-8-7-21-45(46)47-23-9-11-25-49(47)58-56-52-28-14-16-30-54(52)68-62(56)65-59(64-58)44-37-33-42(34-38-44)40-19-5-2-6-20-40/h1-38H. The molecule has 0 bridgehead atoms. The van der Waals surface area contributed by atoms with Crippen LogP contribution in [0.5, 0.6) is 0 Å². The highest BCUT2D eigenvalue weighted by Gasteiger charge is 2.24. The van der Waals surface area contributed by atoms with Gasteiger partial charge in [0.1, 0.15) is 11.2 Å². The van der Waals surface area contributed by atoms with Gasteiger partial charge in [-0.3, -0.25) is 0 Å². The first-order valence-electron chi connectivity index (χ1n) is 22.7. The molecule has 0 spiro atoms. The molecule has 0 radical (unpaired) electrons. The number of fused-ring (bicyclic) bond motifs is 6. The molecule has 9 aromatic carbocycles. The van der Waals surface area contributed by atoms with Gasteiger partial charge in [0.2, 0.25) is 11.4 Å². The summed E-state index contributed by atoms with van der Waals surface area (Å²) in [4.78, 5) is 21.1. The highest BCUT2D eigenvalue weighted by molar-refractivity contribution is 6.13. The van der Waals surface area contributed by atoms with Gasteiger partial charge in [-0.25, -0.2) is 9.97 Å². The zero-order valence-corrected chi connectivity index (χ0v) is 36.5. The molecule has 6 heteroatoms. The van der Waals surface area contributed by atoms with Crippen LogP contribution in [0.2, 0.25) is 0 Å². The van der Waals surface area contributed by atoms with Gasteiger partial charge in [-0.05, 0) is 56.6 Å². The van der Waals surface area contributed by atoms with Gasteiger partial charge in [0.25, 0.3) is 0 Å². The lowest BCUT2D eigenvalue weighted by molar-refractivity contribution is 0.653. The fourth-order valence-corrected chi connectivity index (χ4v) is 9.58. The Kier molecular flexibility index (Phi) is 9.39. The van der Waals surface area contributed by atoms with E-state index < -0.39 is 0 Å². The summed E-state index contributed by atoms with van der Waals surface area (Å²) < 4.78 is 13.0. The Hall–Kier alpha value is -9.26. The fraction of sp³-hybridized carbons (Fsp3) is 0. The molecule has 0 aliphatic heterocycles. The van der Waals surface area contributed by atoms with E-state index in [1.807, 2.05) is 54.6 Å². The van der Waals surface area contributed by atoms with Crippen LogP contribution in [0.1, 0.15) is 0 Å². The molecule has 0 saturated heterocycles. The average molecular weight is 871 g/mol. The molecule has 13 aromatic rings. The van der Waals surface area contributed by atoms with Crippen LogP contribution in [0, 0.1) is 0 Å². The molecule has 6 nitrogen and oxygen atoms in total. The number of nitrogens with zero attached hydrogens (tertiary/aromatic N) is 4. The molecule has 0 N–H and O–H groups in total. The molecule has 0 aliphatic rings. The van der Waals surface area contributed by atoms with Crippen LogP contribution in [0.4, 0.5) is 0 Å². The Balaban J connectivity index is 0.973. The van der Waals surface area contributed by atoms with E-state index in [0.29, 0.717) is 23.1 Å². The summed E-state index contributed by atoms with van der Waals surface area (Å²) in [7, 11) is 0. The SMILES string of the molecule is c1ccc(-c2ccc(-c3nc(-c4ccccc4-c4ccccc4-c4ccccc4-c4nc(-c5ccc(-c6ccccc6)cc5)c5c(n4)oc4ccccc45)c4c(n3)oc3ccccc34)cc2)cc1. The molecule has 0 unspecified atom stereocenters. The zero-order valence-electron chi connectivity index (χ0n) is 36.5. The van der Waals surface area contributed by atoms with Crippen molar-refractivity contribution in [3.8, 4) is 89.8 Å². The third-order valence-electron chi connectivity index (χ3n) is 12.9. The molecular formula is C62H38N4O2. The highest BCUT2D eigenvalue weighted by Crippen LogP contribution is 2.45. The molecule has 0 aliphatic carbocycles. The van der Waals surface area contributed by atoms with Gasteiger partial charge in [-0.15, -0.1) is 0 Å². The minimum absolute atomic E-state index is 0.537. The monoisotopic (exact) mass is 870 g/mol. The van der Waals surface area contributed by atoms with Crippen LogP contribution >= 0.6 is 0 Å². The molecule has 0 atom stereocenters. The Labute approximate surface area is 391 Å². The van der Waals surface area contributed by atoms with Crippen molar-refractivity contribution in [3.05, 3.63) is 231 Å². The van der Waals surface area contributed by atoms with Crippen LogP contribution in [-0.4, -0.2) is 19.9 Å². The van der Waals surface area contributed by atoms with E-state index in [0.717, 1.165) is 111 Å². The zero-order chi connectivity index (χ0) is 45.0. The van der Waals surface area contributed by atoms with Crippen LogP contribution in [0.15, 0.2) is 239 Å². The second-order valence-corrected chi connectivity index (χ2v) is 16.9. The van der Waals surface area contributed by atoms with Crippen molar-refractivity contribution >= 4 is 44.1 Å². The average Bonchev–Trinajstić information content (AvgIpc) is 4.00. The van der Waals surface area contributed by atoms with E-state index in [1.54, 1.807) is 0 Å². The number of para-hydroxylation sites is 2. The van der Waals surface area contributed by atoms with Crippen LogP contribution in [0.3, 0.4) is 0 Å². The van der Waals surface area contributed by atoms with Crippen molar-refractivity contribution in [3.63, 3.8) is 0 Å². The first kappa shape index (κ1) is 39.1.